The molecule has 2 heterocycles. The minimum Gasteiger partial charge on any atom is -0.481 e. The molecule has 0 fully saturated rings. The number of rotatable bonds is 14. The molecule has 0 aliphatic heterocycles. The summed E-state index contributed by atoms with van der Waals surface area (Å²) in [4.78, 5) is 77.1. The lowest BCUT2D eigenvalue weighted by molar-refractivity contribution is -0.143. The topological polar surface area (TPSA) is 247 Å². The van der Waals surface area contributed by atoms with Gasteiger partial charge in [-0.05, 0) is 49.4 Å². The number of nitrogens with one attached hydrogen (secondary N) is 3. The number of carbonyl (C=O) groups excluding carboxylic acids is 2. The van der Waals surface area contributed by atoms with E-state index in [1.165, 1.54) is 12.1 Å². The Labute approximate surface area is 232 Å². The Balaban J connectivity index is 1.55. The van der Waals surface area contributed by atoms with Crippen LogP contribution in [0.1, 0.15) is 47.3 Å². The van der Waals surface area contributed by atoms with E-state index < -0.39 is 54.6 Å². The lowest BCUT2D eigenvalue weighted by atomic mass is 10.0. The van der Waals surface area contributed by atoms with Gasteiger partial charge in [0.25, 0.3) is 11.5 Å². The number of nitrogen functional groups attached to an aromatic ring is 1. The Morgan fingerprint density at radius 1 is 0.951 bits per heavy atom. The quantitative estimate of drug-likeness (QED) is 0.136. The number of aromatic nitrogens is 3. The van der Waals surface area contributed by atoms with Gasteiger partial charge in [-0.25, -0.2) is 9.59 Å². The fourth-order valence-electron chi connectivity index (χ4n) is 4.17. The van der Waals surface area contributed by atoms with Gasteiger partial charge in [-0.3, -0.25) is 24.2 Å². The van der Waals surface area contributed by atoms with Gasteiger partial charge in [0.05, 0.1) is 5.39 Å². The molecule has 3 rings (SSSR count). The van der Waals surface area contributed by atoms with Gasteiger partial charge >= 0.3 is 17.9 Å². The molecule has 0 radical (unpaired) electrons. The number of fused-ring (bicyclic) bond motifs is 1. The molecule has 15 heteroatoms. The second-order valence-corrected chi connectivity index (χ2v) is 9.37. The molecule has 2 atom stereocenters. The molecule has 41 heavy (non-hydrogen) atoms. The standard InChI is InChI=1S/C26H30N6O9/c1-32-15(12-16-21(32)30-26(27)31-23(16)37)7-4-13-2-5-14(6-3-13)22(36)29-18(25(40)41)8-10-19(33)28-17(24(38)39)9-11-20(34)35/h2-3,5-6,12,17-18H,4,7-11H2,1H3,(H,28,33)(H,29,36)(H,34,35)(H,38,39)(H,40,41)(H3,27,30,31,37)/t17-,18-/m0/s1. The molecule has 3 aromatic rings. The summed E-state index contributed by atoms with van der Waals surface area (Å²) in [6.45, 7) is 0. The first kappa shape index (κ1) is 30.3. The fraction of sp³-hybridized carbons (Fsp3) is 0.346. The van der Waals surface area contributed by atoms with Crippen molar-refractivity contribution in [1.82, 2.24) is 25.2 Å². The van der Waals surface area contributed by atoms with Crippen molar-refractivity contribution in [2.24, 2.45) is 7.05 Å². The van der Waals surface area contributed by atoms with Gasteiger partial charge in [0, 0.05) is 31.1 Å². The third-order valence-corrected chi connectivity index (χ3v) is 6.44. The maximum atomic E-state index is 12.7. The summed E-state index contributed by atoms with van der Waals surface area (Å²) in [7, 11) is 1.78. The summed E-state index contributed by atoms with van der Waals surface area (Å²) in [5, 5.41) is 32.3. The van der Waals surface area contributed by atoms with Crippen LogP contribution in [0.4, 0.5) is 5.95 Å². The summed E-state index contributed by atoms with van der Waals surface area (Å²) in [6.07, 6.45) is -0.378. The highest BCUT2D eigenvalue weighted by Crippen LogP contribution is 2.16. The molecular formula is C26H30N6O9. The highest BCUT2D eigenvalue weighted by Gasteiger charge is 2.25. The molecule has 0 unspecified atom stereocenters. The van der Waals surface area contributed by atoms with Crippen LogP contribution in [-0.2, 0) is 39.1 Å². The zero-order valence-corrected chi connectivity index (χ0v) is 22.0. The molecule has 1 aromatic carbocycles. The summed E-state index contributed by atoms with van der Waals surface area (Å²) < 4.78 is 1.78. The van der Waals surface area contributed by atoms with Crippen LogP contribution < -0.4 is 21.9 Å². The van der Waals surface area contributed by atoms with Crippen LogP contribution in [0.3, 0.4) is 0 Å². The molecule has 8 N–H and O–H groups in total. The first-order chi connectivity index (χ1) is 19.3. The highest BCUT2D eigenvalue weighted by molar-refractivity contribution is 5.96. The van der Waals surface area contributed by atoms with Crippen LogP contribution >= 0.6 is 0 Å². The van der Waals surface area contributed by atoms with Crippen molar-refractivity contribution in [2.75, 3.05) is 5.73 Å². The predicted molar refractivity (Wildman–Crippen MR) is 144 cm³/mol. The number of aliphatic carboxylic acids is 3. The highest BCUT2D eigenvalue weighted by atomic mass is 16.4. The Kier molecular flexibility index (Phi) is 9.79. The van der Waals surface area contributed by atoms with E-state index in [1.54, 1.807) is 29.8 Å². The van der Waals surface area contributed by atoms with Gasteiger partial charge in [-0.1, -0.05) is 12.1 Å². The van der Waals surface area contributed by atoms with Gasteiger partial charge in [-0.15, -0.1) is 0 Å². The van der Waals surface area contributed by atoms with Crippen LogP contribution in [0, 0.1) is 0 Å². The fourth-order valence-corrected chi connectivity index (χ4v) is 4.17. The molecular weight excluding hydrogens is 540 g/mol. The van der Waals surface area contributed by atoms with E-state index in [2.05, 4.69) is 20.6 Å². The van der Waals surface area contributed by atoms with Crippen LogP contribution in [0.15, 0.2) is 35.1 Å². The SMILES string of the molecule is Cn1c(CCc2ccc(C(=O)N[C@@H](CCC(=O)N[C@@H](CCC(=O)O)C(=O)O)C(=O)O)cc2)cc2c(=O)[nH]c(N)nc21. The van der Waals surface area contributed by atoms with Crippen molar-refractivity contribution in [3.8, 4) is 0 Å². The number of carbonyl (C=O) groups is 5. The summed E-state index contributed by atoms with van der Waals surface area (Å²) in [6, 6.07) is 5.38. The van der Waals surface area contributed by atoms with Crippen LogP contribution in [0.2, 0.25) is 0 Å². The molecule has 0 saturated carbocycles. The van der Waals surface area contributed by atoms with E-state index in [0.717, 1.165) is 11.3 Å². The van der Waals surface area contributed by atoms with Crippen molar-refractivity contribution in [3.05, 3.63) is 57.5 Å². The third kappa shape index (κ3) is 8.14. The number of carboxylic acid groups (broad SMARTS) is 3. The minimum atomic E-state index is -1.44. The second-order valence-electron chi connectivity index (χ2n) is 9.37. The normalized spacial score (nSPS) is 12.4. The van der Waals surface area contributed by atoms with Gasteiger partial charge < -0.3 is 36.3 Å². The number of hydrogen-bond acceptors (Lipinski definition) is 8. The molecule has 218 valence electrons. The number of nitrogens with zero attached hydrogens (tertiary/aromatic N) is 2. The van der Waals surface area contributed by atoms with Crippen LogP contribution in [0.25, 0.3) is 11.0 Å². The Morgan fingerprint density at radius 2 is 1.56 bits per heavy atom. The molecule has 15 nitrogen and oxygen atoms in total. The lowest BCUT2D eigenvalue weighted by Gasteiger charge is -2.16. The number of hydrogen-bond donors (Lipinski definition) is 7. The number of aromatic amines is 1. The van der Waals surface area contributed by atoms with Crippen molar-refractivity contribution < 1.29 is 39.3 Å². The van der Waals surface area contributed by atoms with Gasteiger partial charge in [0.15, 0.2) is 0 Å². The summed E-state index contributed by atoms with van der Waals surface area (Å²) >= 11 is 0. The monoisotopic (exact) mass is 570 g/mol. The van der Waals surface area contributed by atoms with Gasteiger partial charge in [0.2, 0.25) is 11.9 Å². The van der Waals surface area contributed by atoms with Crippen molar-refractivity contribution in [3.63, 3.8) is 0 Å². The zero-order valence-electron chi connectivity index (χ0n) is 22.0. The van der Waals surface area contributed by atoms with E-state index >= 15 is 0 Å². The zero-order chi connectivity index (χ0) is 30.3. The second kappa shape index (κ2) is 13.2. The smallest absolute Gasteiger partial charge is 0.326 e. The van der Waals surface area contributed by atoms with Gasteiger partial charge in [0.1, 0.15) is 17.7 Å². The largest absolute Gasteiger partial charge is 0.481 e. The Bertz CT molecular complexity index is 1530. The molecule has 0 aliphatic rings. The molecule has 0 aliphatic carbocycles. The average Bonchev–Trinajstić information content (AvgIpc) is 3.22. The molecule has 2 aromatic heterocycles. The summed E-state index contributed by atoms with van der Waals surface area (Å²) in [5.74, 6) is -5.46. The first-order valence-electron chi connectivity index (χ1n) is 12.6. The first-order valence-corrected chi connectivity index (χ1v) is 12.6. The average molecular weight is 571 g/mol. The van der Waals surface area contributed by atoms with E-state index in [-0.39, 0.29) is 29.9 Å². The van der Waals surface area contributed by atoms with Crippen molar-refractivity contribution in [1.29, 1.82) is 0 Å². The van der Waals surface area contributed by atoms with E-state index in [9.17, 15) is 33.9 Å². The van der Waals surface area contributed by atoms with E-state index in [1.807, 2.05) is 0 Å². The van der Waals surface area contributed by atoms with E-state index in [0.29, 0.717) is 23.9 Å². The minimum absolute atomic E-state index is 0.0253. The van der Waals surface area contributed by atoms with Crippen LogP contribution in [0.5, 0.6) is 0 Å². The number of amides is 2. The van der Waals surface area contributed by atoms with E-state index in [4.69, 9.17) is 15.9 Å². The maximum Gasteiger partial charge on any atom is 0.326 e. The molecule has 0 spiro atoms. The predicted octanol–water partition coefficient (Wildman–Crippen LogP) is 0.0264. The molecule has 2 amide bonds. The maximum absolute atomic E-state index is 12.7. The summed E-state index contributed by atoms with van der Waals surface area (Å²) in [5.41, 5.74) is 7.71. The van der Waals surface area contributed by atoms with Crippen molar-refractivity contribution in [2.45, 2.75) is 50.6 Å². The van der Waals surface area contributed by atoms with Crippen molar-refractivity contribution >= 4 is 46.7 Å². The number of anilines is 1. The molecule has 0 saturated heterocycles. The number of aryl methyl sites for hydroxylation is 3. The Morgan fingerprint density at radius 3 is 2.17 bits per heavy atom. The number of carboxylic acids is 3. The Hall–Kier alpha value is -5.21. The number of H-pyrrole nitrogens is 1. The van der Waals surface area contributed by atoms with Gasteiger partial charge in [-0.2, -0.15) is 4.98 Å². The van der Waals surface area contributed by atoms with Crippen LogP contribution in [-0.4, -0.2) is 71.7 Å². The third-order valence-electron chi connectivity index (χ3n) is 6.44. The number of benzene rings is 1. The lowest BCUT2D eigenvalue weighted by Crippen LogP contribution is -2.44. The number of nitrogens with two attached hydrogens (primary N) is 1. The molecule has 0 bridgehead atoms.